The highest BCUT2D eigenvalue weighted by atomic mass is 32.2. The van der Waals surface area contributed by atoms with Gasteiger partial charge in [0.2, 0.25) is 0 Å². The maximum atomic E-state index is 11.5. The molecule has 0 aliphatic heterocycles. The number of methoxy groups -OCH3 is 1. The molecule has 0 saturated heterocycles. The Morgan fingerprint density at radius 1 is 1.56 bits per heavy atom. The van der Waals surface area contributed by atoms with Crippen LogP contribution in [0.15, 0.2) is 23.1 Å². The lowest BCUT2D eigenvalue weighted by molar-refractivity contribution is 0.128. The van der Waals surface area contributed by atoms with Gasteiger partial charge in [-0.25, -0.2) is 8.42 Å². The first-order valence-electron chi connectivity index (χ1n) is 4.92. The van der Waals surface area contributed by atoms with Gasteiger partial charge in [0.1, 0.15) is 0 Å². The van der Waals surface area contributed by atoms with Crippen molar-refractivity contribution in [2.75, 3.05) is 25.2 Å². The number of sulfone groups is 1. The fraction of sp³-hybridized carbons (Fsp3) is 0.455. The molecule has 1 aromatic carbocycles. The van der Waals surface area contributed by atoms with Crippen LogP contribution in [0.2, 0.25) is 0 Å². The fourth-order valence-electron chi connectivity index (χ4n) is 1.21. The molecule has 1 atom stereocenters. The lowest BCUT2D eigenvalue weighted by atomic mass is 10.3. The van der Waals surface area contributed by atoms with Gasteiger partial charge in [-0.2, -0.15) is 0 Å². The van der Waals surface area contributed by atoms with Crippen LogP contribution in [0.4, 0.5) is 5.69 Å². The second-order valence-corrected chi connectivity index (χ2v) is 5.61. The van der Waals surface area contributed by atoms with Crippen molar-refractivity contribution >= 4 is 15.5 Å². The van der Waals surface area contributed by atoms with Crippen LogP contribution < -0.4 is 5.32 Å². The lowest BCUT2D eigenvalue weighted by Crippen LogP contribution is -2.19. The molecule has 0 fully saturated rings. The molecule has 1 N–H and O–H groups in total. The molecule has 1 aromatic rings. The smallest absolute Gasteiger partial charge is 0.177 e. The Bertz CT molecular complexity index is 442. The third-order valence-electron chi connectivity index (χ3n) is 2.21. The molecule has 0 aliphatic rings. The fourth-order valence-corrected chi connectivity index (χ4v) is 2.06. The van der Waals surface area contributed by atoms with Crippen molar-refractivity contribution in [2.24, 2.45) is 0 Å². The van der Waals surface area contributed by atoms with E-state index in [4.69, 9.17) is 4.74 Å². The van der Waals surface area contributed by atoms with Gasteiger partial charge in [0.25, 0.3) is 0 Å². The molecule has 1 radical (unpaired) electrons. The number of hydrogen-bond donors (Lipinski definition) is 1. The van der Waals surface area contributed by atoms with Crippen LogP contribution in [0.1, 0.15) is 6.92 Å². The molecule has 4 nitrogen and oxygen atoms in total. The van der Waals surface area contributed by atoms with Crippen LogP contribution in [0.25, 0.3) is 0 Å². The predicted octanol–water partition coefficient (Wildman–Crippen LogP) is 1.34. The van der Waals surface area contributed by atoms with E-state index in [9.17, 15) is 8.42 Å². The van der Waals surface area contributed by atoms with Crippen molar-refractivity contribution in [1.82, 2.24) is 0 Å². The Morgan fingerprint density at radius 3 is 2.81 bits per heavy atom. The highest BCUT2D eigenvalue weighted by Gasteiger charge is 2.12. The van der Waals surface area contributed by atoms with E-state index in [1.807, 2.05) is 6.92 Å². The Labute approximate surface area is 96.5 Å². The summed E-state index contributed by atoms with van der Waals surface area (Å²) in [6.45, 7) is 2.46. The average molecular weight is 242 g/mol. The Hall–Kier alpha value is -1.07. The summed E-state index contributed by atoms with van der Waals surface area (Å²) < 4.78 is 28.0. The van der Waals surface area contributed by atoms with Gasteiger partial charge in [0.05, 0.1) is 16.7 Å². The highest BCUT2D eigenvalue weighted by molar-refractivity contribution is 7.90. The van der Waals surface area contributed by atoms with Crippen molar-refractivity contribution in [3.8, 4) is 0 Å². The third kappa shape index (κ3) is 3.50. The van der Waals surface area contributed by atoms with E-state index in [2.05, 4.69) is 11.4 Å². The molecule has 1 rings (SSSR count). The molecule has 0 spiro atoms. The summed E-state index contributed by atoms with van der Waals surface area (Å²) in [6.07, 6.45) is 1.21. The largest absolute Gasteiger partial charge is 0.381 e. The van der Waals surface area contributed by atoms with Gasteiger partial charge >= 0.3 is 0 Å². The minimum Gasteiger partial charge on any atom is -0.381 e. The summed E-state index contributed by atoms with van der Waals surface area (Å²) in [5, 5.41) is 3.04. The second-order valence-electron chi connectivity index (χ2n) is 3.62. The summed E-state index contributed by atoms with van der Waals surface area (Å²) >= 11 is 0. The number of benzene rings is 1. The second kappa shape index (κ2) is 5.32. The molecule has 0 amide bonds. The zero-order chi connectivity index (χ0) is 12.2. The molecule has 16 heavy (non-hydrogen) atoms. The Morgan fingerprint density at radius 2 is 2.25 bits per heavy atom. The quantitative estimate of drug-likeness (QED) is 0.846. The van der Waals surface area contributed by atoms with Gasteiger partial charge in [-0.1, -0.05) is 6.07 Å². The van der Waals surface area contributed by atoms with E-state index in [-0.39, 0.29) is 11.0 Å². The van der Waals surface area contributed by atoms with E-state index in [0.29, 0.717) is 12.2 Å². The summed E-state index contributed by atoms with van der Waals surface area (Å²) in [4.78, 5) is 0.287. The summed E-state index contributed by atoms with van der Waals surface area (Å²) in [5.41, 5.74) is 0.564. The van der Waals surface area contributed by atoms with Crippen molar-refractivity contribution in [3.63, 3.8) is 0 Å². The molecule has 0 saturated carbocycles. The van der Waals surface area contributed by atoms with Crippen molar-refractivity contribution in [1.29, 1.82) is 0 Å². The Kier molecular flexibility index (Phi) is 4.32. The van der Waals surface area contributed by atoms with Crippen LogP contribution >= 0.6 is 0 Å². The molecule has 5 heteroatoms. The molecular weight excluding hydrogens is 226 g/mol. The van der Waals surface area contributed by atoms with Gasteiger partial charge in [-0.15, -0.1) is 0 Å². The molecule has 89 valence electrons. The molecule has 0 bridgehead atoms. The van der Waals surface area contributed by atoms with E-state index in [1.165, 1.54) is 12.3 Å². The normalized spacial score (nSPS) is 13.4. The molecule has 0 heterocycles. The van der Waals surface area contributed by atoms with Crippen LogP contribution in [-0.4, -0.2) is 34.4 Å². The minimum atomic E-state index is -3.21. The number of ether oxygens (including phenoxy) is 1. The van der Waals surface area contributed by atoms with Gasteiger partial charge in [0.15, 0.2) is 9.84 Å². The van der Waals surface area contributed by atoms with Gasteiger partial charge in [-0.05, 0) is 25.1 Å². The molecule has 1 unspecified atom stereocenters. The van der Waals surface area contributed by atoms with E-state index in [0.717, 1.165) is 0 Å². The first-order valence-corrected chi connectivity index (χ1v) is 6.81. The predicted molar refractivity (Wildman–Crippen MR) is 63.3 cm³/mol. The van der Waals surface area contributed by atoms with Gasteiger partial charge in [0, 0.05) is 19.9 Å². The van der Waals surface area contributed by atoms with Crippen LogP contribution in [0, 0.1) is 6.07 Å². The Balaban J connectivity index is 2.88. The van der Waals surface area contributed by atoms with Gasteiger partial charge in [-0.3, -0.25) is 0 Å². The summed E-state index contributed by atoms with van der Waals surface area (Å²) in [7, 11) is -1.60. The maximum Gasteiger partial charge on any atom is 0.177 e. The first-order chi connectivity index (χ1) is 7.45. The third-order valence-corrected chi connectivity index (χ3v) is 3.36. The zero-order valence-corrected chi connectivity index (χ0v) is 10.5. The number of rotatable bonds is 5. The van der Waals surface area contributed by atoms with Crippen LogP contribution in [-0.2, 0) is 14.6 Å². The van der Waals surface area contributed by atoms with Crippen molar-refractivity contribution < 1.29 is 13.2 Å². The minimum absolute atomic E-state index is 0.0209. The monoisotopic (exact) mass is 242 g/mol. The van der Waals surface area contributed by atoms with Crippen LogP contribution in [0.5, 0.6) is 0 Å². The SMILES string of the molecule is COC(C)CNc1c[c]ccc1S(C)(=O)=O. The standard InChI is InChI=1S/C11H16NO3S/c1-9(15-2)8-12-10-6-4-5-7-11(10)16(3,13)14/h5-7,9,12H,8H2,1-3H3. The molecule has 0 aliphatic carbocycles. The molecule has 0 aromatic heterocycles. The topological polar surface area (TPSA) is 55.4 Å². The average Bonchev–Trinajstić information content (AvgIpc) is 2.25. The van der Waals surface area contributed by atoms with Gasteiger partial charge < -0.3 is 10.1 Å². The molecular formula is C11H16NO3S. The lowest BCUT2D eigenvalue weighted by Gasteiger charge is -2.14. The summed E-state index contributed by atoms with van der Waals surface area (Å²) in [5.74, 6) is 0. The number of anilines is 1. The number of hydrogen-bond acceptors (Lipinski definition) is 4. The van der Waals surface area contributed by atoms with E-state index >= 15 is 0 Å². The number of nitrogens with one attached hydrogen (secondary N) is 1. The highest BCUT2D eigenvalue weighted by Crippen LogP contribution is 2.20. The first kappa shape index (κ1) is 13.0. The maximum absolute atomic E-state index is 11.5. The van der Waals surface area contributed by atoms with Crippen molar-refractivity contribution in [3.05, 3.63) is 24.3 Å². The van der Waals surface area contributed by atoms with E-state index < -0.39 is 9.84 Å². The summed E-state index contributed by atoms with van der Waals surface area (Å²) in [6, 6.07) is 7.59. The van der Waals surface area contributed by atoms with Crippen molar-refractivity contribution in [2.45, 2.75) is 17.9 Å². The van der Waals surface area contributed by atoms with Crippen LogP contribution in [0.3, 0.4) is 0 Å². The van der Waals surface area contributed by atoms with E-state index in [1.54, 1.807) is 19.2 Å². The zero-order valence-electron chi connectivity index (χ0n) is 9.65.